The Kier molecular flexibility index (Phi) is 18.0. The van der Waals surface area contributed by atoms with E-state index in [1.54, 1.807) is 30.3 Å². The predicted octanol–water partition coefficient (Wildman–Crippen LogP) is 9.97. The molecule has 1 amide bonds. The quantitative estimate of drug-likeness (QED) is 0.0653. The van der Waals surface area contributed by atoms with Crippen molar-refractivity contribution in [3.8, 4) is 11.5 Å². The van der Waals surface area contributed by atoms with Gasteiger partial charge in [-0.05, 0) is 135 Å². The first kappa shape index (κ1) is 55.7. The minimum Gasteiger partial charge on any atom is -0.487 e. The molecule has 2 saturated carbocycles. The number of benzene rings is 4. The van der Waals surface area contributed by atoms with Gasteiger partial charge < -0.3 is 55.3 Å². The molecule has 6 aliphatic rings. The highest BCUT2D eigenvalue weighted by atomic mass is 35.5. The van der Waals surface area contributed by atoms with E-state index in [2.05, 4.69) is 25.4 Å². The van der Waals surface area contributed by atoms with Gasteiger partial charge in [0.25, 0.3) is 5.91 Å². The number of oxime groups is 2. The minimum atomic E-state index is -1.12. The van der Waals surface area contributed by atoms with E-state index < -0.39 is 47.8 Å². The van der Waals surface area contributed by atoms with E-state index in [-0.39, 0.29) is 56.6 Å². The molecule has 2 aromatic heterocycles. The molecule has 21 heteroatoms. The molecule has 12 rings (SSSR count). The fraction of sp³-hybridized carbons (Fsp3) is 0.407. The number of nitrogens with one attached hydrogen (secondary N) is 1. The first-order chi connectivity index (χ1) is 35.3. The van der Waals surface area contributed by atoms with Crippen LogP contribution in [0, 0.1) is 11.6 Å². The molecule has 4 fully saturated rings. The summed E-state index contributed by atoms with van der Waals surface area (Å²) in [5.41, 5.74) is 8.76. The fourth-order valence-corrected chi connectivity index (χ4v) is 11.6. The van der Waals surface area contributed by atoms with Crippen LogP contribution in [-0.4, -0.2) is 112 Å². The van der Waals surface area contributed by atoms with Crippen LogP contribution in [0.2, 0.25) is 10.0 Å². The van der Waals surface area contributed by atoms with Gasteiger partial charge in [-0.15, -0.1) is 22.7 Å². The molecule has 2 aliphatic carbocycles. The van der Waals surface area contributed by atoms with Gasteiger partial charge in [0, 0.05) is 49.7 Å². The number of carbonyl (C=O) groups excluding carboxylic acids is 1. The smallest absolute Gasteiger partial charge is 0.359 e. The van der Waals surface area contributed by atoms with Crippen LogP contribution in [0.15, 0.2) is 83.1 Å². The number of halogens is 4. The first-order valence-corrected chi connectivity index (χ1v) is 26.5. The van der Waals surface area contributed by atoms with Crippen LogP contribution >= 0.6 is 45.9 Å². The Morgan fingerprint density at radius 1 is 0.707 bits per heavy atom. The number of aliphatic hydroxyl groups is 2. The highest BCUT2D eigenvalue weighted by Gasteiger charge is 2.34. The summed E-state index contributed by atoms with van der Waals surface area (Å²) in [6, 6.07) is 19.1. The summed E-state index contributed by atoms with van der Waals surface area (Å²) >= 11 is 14.9. The number of amides is 1. The number of hydrogen-bond acceptors (Lipinski definition) is 15. The van der Waals surface area contributed by atoms with Gasteiger partial charge in [0.15, 0.2) is 28.8 Å². The van der Waals surface area contributed by atoms with Crippen molar-refractivity contribution >= 4 is 89.3 Å². The average Bonchev–Trinajstić information content (AvgIpc) is 4.29. The molecule has 0 spiro atoms. The minimum absolute atomic E-state index is 0. The van der Waals surface area contributed by atoms with Gasteiger partial charge in [-0.2, -0.15) is 0 Å². The number of carbonyl (C=O) groups is 2. The Bertz CT molecular complexity index is 3110. The average molecular weight is 1110 g/mol. The molecule has 6 N–H and O–H groups in total. The van der Waals surface area contributed by atoms with Crippen LogP contribution in [0.3, 0.4) is 0 Å². The van der Waals surface area contributed by atoms with Gasteiger partial charge in [-0.3, -0.25) is 4.79 Å². The van der Waals surface area contributed by atoms with Crippen LogP contribution in [0.5, 0.6) is 11.5 Å². The molecule has 2 saturated heterocycles. The Morgan fingerprint density at radius 3 is 1.63 bits per heavy atom. The van der Waals surface area contributed by atoms with Crippen molar-refractivity contribution < 1.29 is 52.8 Å². The molecule has 4 aromatic carbocycles. The van der Waals surface area contributed by atoms with Crippen molar-refractivity contribution in [1.82, 2.24) is 15.1 Å². The van der Waals surface area contributed by atoms with Crippen LogP contribution in [-0.2, 0) is 32.5 Å². The maximum absolute atomic E-state index is 14.7. The molecule has 0 radical (unpaired) electrons. The van der Waals surface area contributed by atoms with Gasteiger partial charge in [-0.1, -0.05) is 72.6 Å². The van der Waals surface area contributed by atoms with Gasteiger partial charge in [0.2, 0.25) is 5.71 Å². The number of nitrogens with zero attached hydrogens (tertiary/aromatic N) is 4. The molecule has 75 heavy (non-hydrogen) atoms. The van der Waals surface area contributed by atoms with Crippen molar-refractivity contribution in [2.24, 2.45) is 16.0 Å². The van der Waals surface area contributed by atoms with E-state index in [1.807, 2.05) is 30.3 Å². The molecular formula is C54H60Cl2F2N6O9S2. The normalized spacial score (nSPS) is 18.2. The SMILES string of the molecule is C.C.N[C@H](CN1CCC1)[C@H](O)c1ccc(OC2CC2)c(F)c1.O=C(N[C@H](CN1CCC1)[C@H](O)c1ccc(OC2CC2)c(F)c1)C1=NOCc2c1sc1cc(Cl)ccc21.O=C(O)C1=NOCc2c1sc1cc(Cl)ccc21. The van der Waals surface area contributed by atoms with Crippen LogP contribution in [0.4, 0.5) is 8.78 Å². The van der Waals surface area contributed by atoms with Crippen molar-refractivity contribution in [1.29, 1.82) is 0 Å². The maximum atomic E-state index is 14.7. The maximum Gasteiger partial charge on any atom is 0.359 e. The molecule has 4 atom stereocenters. The predicted molar refractivity (Wildman–Crippen MR) is 289 cm³/mol. The number of carboxylic acids is 1. The van der Waals surface area contributed by atoms with E-state index in [9.17, 15) is 28.6 Å². The second kappa shape index (κ2) is 24.2. The Hall–Kier alpha value is -5.48. The second-order valence-corrected chi connectivity index (χ2v) is 21.8. The lowest BCUT2D eigenvalue weighted by Crippen LogP contribution is -2.52. The molecule has 0 bridgehead atoms. The van der Waals surface area contributed by atoms with Crippen LogP contribution < -0.4 is 20.5 Å². The number of carboxylic acid groups (broad SMARTS) is 1. The Morgan fingerprint density at radius 2 is 1.17 bits per heavy atom. The lowest BCUT2D eigenvalue weighted by molar-refractivity contribution is -0.129. The van der Waals surface area contributed by atoms with Crippen molar-refractivity contribution in [2.45, 2.75) is 103 Å². The summed E-state index contributed by atoms with van der Waals surface area (Å²) in [7, 11) is 0. The number of aliphatic hydroxyl groups excluding tert-OH is 2. The molecule has 400 valence electrons. The van der Waals surface area contributed by atoms with Crippen LogP contribution in [0.25, 0.3) is 20.2 Å². The number of aliphatic carboxylic acids is 1. The van der Waals surface area contributed by atoms with E-state index >= 15 is 0 Å². The van der Waals surface area contributed by atoms with E-state index in [0.29, 0.717) is 45.7 Å². The zero-order valence-electron chi connectivity index (χ0n) is 39.3. The van der Waals surface area contributed by atoms with Gasteiger partial charge in [-0.25, -0.2) is 13.6 Å². The number of hydrogen-bond donors (Lipinski definition) is 5. The summed E-state index contributed by atoms with van der Waals surface area (Å²) in [5, 5.41) is 44.2. The van der Waals surface area contributed by atoms with Gasteiger partial charge in [0.1, 0.15) is 19.3 Å². The summed E-state index contributed by atoms with van der Waals surface area (Å²) in [6.07, 6.45) is 4.35. The highest BCUT2D eigenvalue weighted by molar-refractivity contribution is 7.22. The number of thiophene rings is 2. The third kappa shape index (κ3) is 13.0. The zero-order chi connectivity index (χ0) is 50.9. The fourth-order valence-electron chi connectivity index (χ4n) is 8.67. The summed E-state index contributed by atoms with van der Waals surface area (Å²) in [6.45, 7) is 5.46. The van der Waals surface area contributed by atoms with E-state index in [0.717, 1.165) is 94.5 Å². The monoisotopic (exact) mass is 1110 g/mol. The van der Waals surface area contributed by atoms with Crippen molar-refractivity contribution in [3.63, 3.8) is 0 Å². The molecule has 4 aliphatic heterocycles. The summed E-state index contributed by atoms with van der Waals surface area (Å²) in [4.78, 5) is 40.5. The van der Waals surface area contributed by atoms with E-state index in [4.69, 9.17) is 53.2 Å². The zero-order valence-corrected chi connectivity index (χ0v) is 42.4. The number of nitrogens with two attached hydrogens (primary N) is 1. The first-order valence-electron chi connectivity index (χ1n) is 24.1. The molecule has 6 aromatic rings. The molecule has 0 unspecified atom stereocenters. The van der Waals surface area contributed by atoms with Gasteiger partial charge >= 0.3 is 5.97 Å². The topological polar surface area (TPSA) is 201 Å². The summed E-state index contributed by atoms with van der Waals surface area (Å²) in [5.74, 6) is -2.03. The van der Waals surface area contributed by atoms with Crippen molar-refractivity contribution in [3.05, 3.63) is 126 Å². The lowest BCUT2D eigenvalue weighted by Gasteiger charge is -2.36. The number of fused-ring (bicyclic) bond motifs is 6. The van der Waals surface area contributed by atoms with Crippen LogP contribution in [0.1, 0.15) is 97.6 Å². The third-order valence-electron chi connectivity index (χ3n) is 13.2. The largest absolute Gasteiger partial charge is 0.487 e. The number of likely N-dealkylation sites (tertiary alicyclic amines) is 2. The number of ether oxygens (including phenoxy) is 2. The molecule has 6 heterocycles. The Balaban J connectivity index is 0.000000162. The lowest BCUT2D eigenvalue weighted by atomic mass is 9.99. The van der Waals surface area contributed by atoms with E-state index in [1.165, 1.54) is 41.2 Å². The van der Waals surface area contributed by atoms with Crippen molar-refractivity contribution in [2.75, 3.05) is 39.3 Å². The Labute approximate surface area is 451 Å². The second-order valence-electron chi connectivity index (χ2n) is 18.8. The molecular weight excluding hydrogens is 1050 g/mol. The summed E-state index contributed by atoms with van der Waals surface area (Å²) < 4.78 is 41.5. The highest BCUT2D eigenvalue weighted by Crippen LogP contribution is 2.38. The standard InChI is InChI=1S/C26H25ClFN3O4S.C15H21FN2O2.C11H6ClNO3S.2CH4/c27-15-3-6-17-18-13-34-30-23(25(18)36-22(17)11-15)26(33)29-20(12-31-8-1-9-31)24(32)14-2-7-21(19(28)10-14)35-16-4-5-16;16-12-8-10(2-5-14(12)20-11-3-4-11)15(19)13(17)9-18-6-1-7-18;12-5-1-2-6-7-4-16-13-9(11(14)15)10(7)17-8(6)3-5;;/h2-3,6-7,10-11,16,20,24,32H,1,4-5,8-9,12-13H2,(H,29,33);2,5,8,11,13,15,19H,1,3-4,6-7,9,17H2;1-3H,4H2,(H,14,15);2*1H4/t20-,24-;13-,15-;;;/m11.../s1. The number of rotatable bonds is 15. The van der Waals surface area contributed by atoms with Gasteiger partial charge in [0.05, 0.1) is 34.1 Å². The molecule has 15 nitrogen and oxygen atoms in total. The third-order valence-corrected chi connectivity index (χ3v) is 16.1.